The fourth-order valence-electron chi connectivity index (χ4n) is 2.66. The molecule has 1 N–H and O–H groups in total. The third-order valence-corrected chi connectivity index (χ3v) is 4.30. The molecule has 1 fully saturated rings. The average Bonchev–Trinajstić information content (AvgIpc) is 2.47. The predicted molar refractivity (Wildman–Crippen MR) is 82.3 cm³/mol. The summed E-state index contributed by atoms with van der Waals surface area (Å²) in [6, 6.07) is 2.04. The molecule has 0 bridgehead atoms. The number of piperidine rings is 1. The molecule has 2 rings (SSSR count). The fourth-order valence-corrected chi connectivity index (χ4v) is 2.66. The van der Waals surface area contributed by atoms with E-state index in [1.807, 2.05) is 4.90 Å². The van der Waals surface area contributed by atoms with Crippen molar-refractivity contribution < 1.29 is 9.90 Å². The van der Waals surface area contributed by atoms with Crippen LogP contribution in [0.5, 0.6) is 5.75 Å². The monoisotopic (exact) mass is 291 g/mol. The van der Waals surface area contributed by atoms with E-state index in [0.29, 0.717) is 17.5 Å². The van der Waals surface area contributed by atoms with E-state index in [-0.39, 0.29) is 11.7 Å². The lowest BCUT2D eigenvalue weighted by Crippen LogP contribution is -2.42. The third-order valence-electron chi connectivity index (χ3n) is 4.30. The van der Waals surface area contributed by atoms with E-state index < -0.39 is 0 Å². The van der Waals surface area contributed by atoms with Gasteiger partial charge in [-0.25, -0.2) is 0 Å². The molecule has 5 heteroatoms. The fraction of sp³-hybridized carbons (Fsp3) is 0.625. The molecule has 0 spiro atoms. The van der Waals surface area contributed by atoms with Crippen LogP contribution in [0.2, 0.25) is 0 Å². The normalized spacial score (nSPS) is 16.7. The van der Waals surface area contributed by atoms with Gasteiger partial charge in [0.2, 0.25) is 0 Å². The van der Waals surface area contributed by atoms with Crippen molar-refractivity contribution in [3.63, 3.8) is 0 Å². The number of likely N-dealkylation sites (tertiary alicyclic amines) is 1. The quantitative estimate of drug-likeness (QED) is 0.921. The number of carbonyl (C=O) groups is 1. The second-order valence-corrected chi connectivity index (χ2v) is 6.20. The Labute approximate surface area is 126 Å². The molecule has 1 aliphatic heterocycles. The minimum Gasteiger partial charge on any atom is -0.506 e. The first-order valence-corrected chi connectivity index (χ1v) is 7.61. The second-order valence-electron chi connectivity index (χ2n) is 6.20. The van der Waals surface area contributed by atoms with Crippen molar-refractivity contribution in [2.45, 2.75) is 32.7 Å². The molecule has 1 aromatic rings. The second kappa shape index (κ2) is 6.89. The molecule has 21 heavy (non-hydrogen) atoms. The molecular formula is C16H25N3O2. The minimum atomic E-state index is -0.0333. The molecule has 0 saturated carbocycles. The van der Waals surface area contributed by atoms with Gasteiger partial charge in [0.05, 0.1) is 11.8 Å². The van der Waals surface area contributed by atoms with E-state index in [4.69, 9.17) is 0 Å². The largest absolute Gasteiger partial charge is 0.506 e. The smallest absolute Gasteiger partial charge is 0.255 e. The van der Waals surface area contributed by atoms with Crippen LogP contribution in [0.4, 0.5) is 0 Å². The Kier molecular flexibility index (Phi) is 5.17. The SMILES string of the molecule is CC(C)N(C)CC1CCN(C(=O)c2cncc(O)c2)CC1. The van der Waals surface area contributed by atoms with Crippen LogP contribution in [-0.2, 0) is 0 Å². The highest BCUT2D eigenvalue weighted by Gasteiger charge is 2.25. The average molecular weight is 291 g/mol. The van der Waals surface area contributed by atoms with Crippen LogP contribution in [0.15, 0.2) is 18.5 Å². The Morgan fingerprint density at radius 2 is 2.10 bits per heavy atom. The van der Waals surface area contributed by atoms with Crippen molar-refractivity contribution in [1.29, 1.82) is 0 Å². The minimum absolute atomic E-state index is 0.0333. The summed E-state index contributed by atoms with van der Waals surface area (Å²) in [5.74, 6) is 0.659. The van der Waals surface area contributed by atoms with Gasteiger partial charge in [0.25, 0.3) is 5.91 Å². The Balaban J connectivity index is 1.87. The molecule has 2 heterocycles. The predicted octanol–water partition coefficient (Wildman–Crippen LogP) is 1.98. The third kappa shape index (κ3) is 4.17. The number of aromatic hydroxyl groups is 1. The van der Waals surface area contributed by atoms with E-state index >= 15 is 0 Å². The number of rotatable bonds is 4. The maximum absolute atomic E-state index is 12.4. The highest BCUT2D eigenvalue weighted by molar-refractivity contribution is 5.94. The topological polar surface area (TPSA) is 56.7 Å². The van der Waals surface area contributed by atoms with E-state index in [2.05, 4.69) is 30.8 Å². The number of pyridine rings is 1. The van der Waals surface area contributed by atoms with Crippen LogP contribution in [0.1, 0.15) is 37.0 Å². The molecule has 1 aliphatic rings. The Bertz CT molecular complexity index is 482. The lowest BCUT2D eigenvalue weighted by Gasteiger charge is -2.35. The zero-order chi connectivity index (χ0) is 15.4. The van der Waals surface area contributed by atoms with Crippen LogP contribution in [-0.4, -0.2) is 58.5 Å². The highest BCUT2D eigenvalue weighted by atomic mass is 16.3. The molecule has 116 valence electrons. The van der Waals surface area contributed by atoms with E-state index in [9.17, 15) is 9.90 Å². The molecular weight excluding hydrogens is 266 g/mol. The van der Waals surface area contributed by atoms with Gasteiger partial charge in [-0.2, -0.15) is 0 Å². The number of amides is 1. The van der Waals surface area contributed by atoms with Crippen LogP contribution >= 0.6 is 0 Å². The van der Waals surface area contributed by atoms with Gasteiger partial charge in [0.15, 0.2) is 0 Å². The van der Waals surface area contributed by atoms with Gasteiger partial charge in [0.1, 0.15) is 5.75 Å². The van der Waals surface area contributed by atoms with Gasteiger partial charge < -0.3 is 14.9 Å². The molecule has 1 amide bonds. The lowest BCUT2D eigenvalue weighted by atomic mass is 9.95. The first-order valence-electron chi connectivity index (χ1n) is 7.61. The summed E-state index contributed by atoms with van der Waals surface area (Å²) >= 11 is 0. The summed E-state index contributed by atoms with van der Waals surface area (Å²) in [5, 5.41) is 9.41. The summed E-state index contributed by atoms with van der Waals surface area (Å²) in [5.41, 5.74) is 0.466. The van der Waals surface area contributed by atoms with Gasteiger partial charge in [-0.3, -0.25) is 9.78 Å². The molecule has 1 aromatic heterocycles. The number of nitrogens with zero attached hydrogens (tertiary/aromatic N) is 3. The molecule has 0 aromatic carbocycles. The summed E-state index contributed by atoms with van der Waals surface area (Å²) < 4.78 is 0. The van der Waals surface area contributed by atoms with Gasteiger partial charge in [-0.05, 0) is 45.7 Å². The zero-order valence-corrected chi connectivity index (χ0v) is 13.1. The van der Waals surface area contributed by atoms with E-state index in [0.717, 1.165) is 32.5 Å². The van der Waals surface area contributed by atoms with Crippen molar-refractivity contribution in [2.75, 3.05) is 26.7 Å². The molecule has 5 nitrogen and oxygen atoms in total. The van der Waals surface area contributed by atoms with Gasteiger partial charge in [0, 0.05) is 31.9 Å². The Morgan fingerprint density at radius 3 is 2.67 bits per heavy atom. The van der Waals surface area contributed by atoms with Crippen molar-refractivity contribution >= 4 is 5.91 Å². The molecule has 0 unspecified atom stereocenters. The molecule has 0 atom stereocenters. The standard InChI is InChI=1S/C16H25N3O2/c1-12(2)18(3)11-13-4-6-19(7-5-13)16(21)14-8-15(20)10-17-9-14/h8-10,12-13,20H,4-7,11H2,1-3H3. The molecule has 0 radical (unpaired) electrons. The summed E-state index contributed by atoms with van der Waals surface area (Å²) in [6.07, 6.45) is 4.93. The maximum Gasteiger partial charge on any atom is 0.255 e. The van der Waals surface area contributed by atoms with E-state index in [1.54, 1.807) is 0 Å². The summed E-state index contributed by atoms with van der Waals surface area (Å²) in [6.45, 7) is 7.06. The molecule has 1 saturated heterocycles. The number of hydrogen-bond donors (Lipinski definition) is 1. The molecule has 0 aliphatic carbocycles. The van der Waals surface area contributed by atoms with E-state index in [1.165, 1.54) is 18.5 Å². The van der Waals surface area contributed by atoms with Crippen molar-refractivity contribution in [1.82, 2.24) is 14.8 Å². The lowest BCUT2D eigenvalue weighted by molar-refractivity contribution is 0.0665. The number of hydrogen-bond acceptors (Lipinski definition) is 4. The first-order chi connectivity index (χ1) is 9.97. The van der Waals surface area contributed by atoms with Gasteiger partial charge in [-0.15, -0.1) is 0 Å². The Morgan fingerprint density at radius 1 is 1.43 bits per heavy atom. The van der Waals surface area contributed by atoms with Crippen LogP contribution in [0, 0.1) is 5.92 Å². The van der Waals surface area contributed by atoms with Crippen molar-refractivity contribution in [3.8, 4) is 5.75 Å². The summed E-state index contributed by atoms with van der Waals surface area (Å²) in [4.78, 5) is 20.4. The maximum atomic E-state index is 12.4. The van der Waals surface area contributed by atoms with Crippen LogP contribution in [0.25, 0.3) is 0 Å². The van der Waals surface area contributed by atoms with Crippen LogP contribution < -0.4 is 0 Å². The Hall–Kier alpha value is -1.62. The number of aromatic nitrogens is 1. The first kappa shape index (κ1) is 15.8. The van der Waals surface area contributed by atoms with Crippen molar-refractivity contribution in [3.05, 3.63) is 24.0 Å². The zero-order valence-electron chi connectivity index (χ0n) is 13.1. The highest BCUT2D eigenvalue weighted by Crippen LogP contribution is 2.21. The van der Waals surface area contributed by atoms with Gasteiger partial charge in [-0.1, -0.05) is 0 Å². The van der Waals surface area contributed by atoms with Gasteiger partial charge >= 0.3 is 0 Å². The van der Waals surface area contributed by atoms with Crippen molar-refractivity contribution in [2.24, 2.45) is 5.92 Å². The van der Waals surface area contributed by atoms with Crippen LogP contribution in [0.3, 0.4) is 0 Å². The summed E-state index contributed by atoms with van der Waals surface area (Å²) in [7, 11) is 2.15. The number of carbonyl (C=O) groups excluding carboxylic acids is 1.